The van der Waals surface area contributed by atoms with Crippen LogP contribution >= 0.6 is 35.1 Å². The minimum absolute atomic E-state index is 0.263. The third-order valence-electron chi connectivity index (χ3n) is 9.49. The Bertz CT molecular complexity index is 1370. The van der Waals surface area contributed by atoms with Gasteiger partial charge in [-0.1, -0.05) is 183 Å². The molecule has 3 aromatic rings. The molecular weight excluding hydrogens is 692 g/mol. The van der Waals surface area contributed by atoms with E-state index in [0.29, 0.717) is 12.3 Å². The molecule has 0 saturated carbocycles. The van der Waals surface area contributed by atoms with Crippen LogP contribution < -0.4 is 4.74 Å². The molecule has 51 heavy (non-hydrogen) atoms. The number of hydrogen-bond donors (Lipinski definition) is 0. The molecule has 1 heterocycles. The fourth-order valence-corrected chi connectivity index (χ4v) is 10.0. The van der Waals surface area contributed by atoms with Crippen molar-refractivity contribution in [3.8, 4) is 5.75 Å². The van der Waals surface area contributed by atoms with Crippen LogP contribution in [0.25, 0.3) is 10.9 Å². The van der Waals surface area contributed by atoms with Crippen molar-refractivity contribution in [2.45, 2.75) is 153 Å². The molecule has 0 fully saturated rings. The second-order valence-corrected chi connectivity index (χ2v) is 16.8. The largest absolute Gasteiger partial charge is 0.422 e. The number of benzene rings is 2. The number of unbranched alkanes of at least 4 members (excludes halogenated alkanes) is 18. The van der Waals surface area contributed by atoms with Crippen molar-refractivity contribution in [1.29, 1.82) is 0 Å². The number of halogens is 1. The van der Waals surface area contributed by atoms with Gasteiger partial charge in [-0.25, -0.2) is 4.79 Å². The van der Waals surface area contributed by atoms with Crippen LogP contribution in [0.5, 0.6) is 5.75 Å². The number of thioether (sulfide) groups is 2. The zero-order valence-corrected chi connectivity index (χ0v) is 34.2. The summed E-state index contributed by atoms with van der Waals surface area (Å²) in [6, 6.07) is 16.2. The van der Waals surface area contributed by atoms with E-state index in [0.717, 1.165) is 34.0 Å². The Morgan fingerprint density at radius 2 is 1.22 bits per heavy atom. The van der Waals surface area contributed by atoms with E-state index in [2.05, 4.69) is 76.2 Å². The Labute approximate surface area is 323 Å². The summed E-state index contributed by atoms with van der Waals surface area (Å²) >= 11 is 11.5. The van der Waals surface area contributed by atoms with E-state index < -0.39 is 5.97 Å². The Morgan fingerprint density at radius 3 is 1.76 bits per heavy atom. The number of rotatable bonds is 30. The molecule has 2 aromatic carbocycles. The molecule has 5 nitrogen and oxygen atoms in total. The van der Waals surface area contributed by atoms with E-state index in [1.54, 1.807) is 0 Å². The highest BCUT2D eigenvalue weighted by Gasteiger charge is 2.24. The molecule has 0 saturated heterocycles. The molecule has 0 aliphatic carbocycles. The number of nitrogens with zero attached hydrogens (tertiary/aromatic N) is 2. The minimum atomic E-state index is -0.583. The third kappa shape index (κ3) is 16.6. The van der Waals surface area contributed by atoms with Crippen molar-refractivity contribution in [1.82, 2.24) is 4.57 Å². The number of esters is 1. The van der Waals surface area contributed by atoms with Gasteiger partial charge in [0.25, 0.3) is 0 Å². The molecule has 0 amide bonds. The molecule has 1 aromatic heterocycles. The molecule has 0 bridgehead atoms. The number of fused-ring (bicyclic) bond motifs is 1. The Hall–Kier alpha value is -2.09. The summed E-state index contributed by atoms with van der Waals surface area (Å²) in [6.07, 6.45) is 28.1. The van der Waals surface area contributed by atoms with Crippen LogP contribution in [0.15, 0.2) is 53.7 Å². The molecule has 0 aliphatic rings. The van der Waals surface area contributed by atoms with E-state index in [-0.39, 0.29) is 4.58 Å². The number of oxime groups is 1. The van der Waals surface area contributed by atoms with Crippen molar-refractivity contribution >= 4 is 58.2 Å². The van der Waals surface area contributed by atoms with Crippen LogP contribution in [-0.2, 0) is 16.2 Å². The van der Waals surface area contributed by atoms with Crippen LogP contribution in [0.3, 0.4) is 0 Å². The highest BCUT2D eigenvalue weighted by atomic mass is 35.5. The van der Waals surface area contributed by atoms with Crippen molar-refractivity contribution in [3.05, 3.63) is 64.8 Å². The van der Waals surface area contributed by atoms with Crippen LogP contribution in [-0.4, -0.2) is 35.4 Å². The summed E-state index contributed by atoms with van der Waals surface area (Å²) in [7, 11) is 1.40. The van der Waals surface area contributed by atoms with Gasteiger partial charge in [0.05, 0.1) is 11.1 Å². The SMILES string of the molecule is CCCCCCCCCCCCSC(SCCCCCCCCCCCC)c1c(Cl)n(Cc2ccccc2OC(=O)C=NOC)c2ccccc12. The van der Waals surface area contributed by atoms with E-state index in [1.165, 1.54) is 146 Å². The molecule has 0 atom stereocenters. The van der Waals surface area contributed by atoms with E-state index in [9.17, 15) is 4.79 Å². The summed E-state index contributed by atoms with van der Waals surface area (Å²) in [6.45, 7) is 5.06. The van der Waals surface area contributed by atoms with Crippen LogP contribution in [0.1, 0.15) is 158 Å². The van der Waals surface area contributed by atoms with Crippen LogP contribution in [0.4, 0.5) is 0 Å². The van der Waals surface area contributed by atoms with Crippen molar-refractivity contribution in [3.63, 3.8) is 0 Å². The van der Waals surface area contributed by atoms with Gasteiger partial charge in [0.15, 0.2) is 6.21 Å². The van der Waals surface area contributed by atoms with Gasteiger partial charge in [0, 0.05) is 22.0 Å². The van der Waals surface area contributed by atoms with Gasteiger partial charge in [-0.05, 0) is 36.5 Å². The van der Waals surface area contributed by atoms with Crippen molar-refractivity contribution in [2.75, 3.05) is 18.6 Å². The van der Waals surface area contributed by atoms with Gasteiger partial charge in [-0.15, -0.1) is 23.5 Å². The summed E-state index contributed by atoms with van der Waals surface area (Å²) in [5.41, 5.74) is 3.20. The fourth-order valence-electron chi connectivity index (χ4n) is 6.59. The number of hydrogen-bond acceptors (Lipinski definition) is 6. The number of carbonyl (C=O) groups excluding carboxylic acids is 1. The first-order valence-corrected chi connectivity index (χ1v) is 22.4. The zero-order chi connectivity index (χ0) is 36.4. The first-order chi connectivity index (χ1) is 25.1. The fraction of sp³-hybridized carbons (Fsp3) is 0.628. The van der Waals surface area contributed by atoms with Gasteiger partial charge in [-0.3, -0.25) is 0 Å². The maximum absolute atomic E-state index is 12.4. The molecule has 8 heteroatoms. The molecule has 0 radical (unpaired) electrons. The molecular formula is C43H65ClN2O3S2. The lowest BCUT2D eigenvalue weighted by atomic mass is 10.1. The van der Waals surface area contributed by atoms with Crippen LogP contribution in [0.2, 0.25) is 5.15 Å². The first kappa shape index (κ1) is 43.3. The average Bonchev–Trinajstić information content (AvgIpc) is 3.42. The van der Waals surface area contributed by atoms with Gasteiger partial charge >= 0.3 is 5.97 Å². The average molecular weight is 758 g/mol. The molecule has 0 spiro atoms. The van der Waals surface area contributed by atoms with E-state index in [4.69, 9.17) is 16.3 Å². The third-order valence-corrected chi connectivity index (χ3v) is 12.8. The lowest BCUT2D eigenvalue weighted by Crippen LogP contribution is -2.11. The number of ether oxygens (including phenoxy) is 1. The number of aromatic nitrogens is 1. The van der Waals surface area contributed by atoms with E-state index >= 15 is 0 Å². The predicted octanol–water partition coefficient (Wildman–Crippen LogP) is 14.2. The van der Waals surface area contributed by atoms with Crippen molar-refractivity contribution in [2.24, 2.45) is 5.16 Å². The second kappa shape index (κ2) is 27.5. The van der Waals surface area contributed by atoms with Gasteiger partial charge < -0.3 is 14.1 Å². The van der Waals surface area contributed by atoms with Crippen LogP contribution in [0, 0.1) is 0 Å². The maximum atomic E-state index is 12.4. The standard InChI is InChI=1S/C43H65ClN2O3S2/c1-4-6-8-10-12-14-16-18-20-26-32-50-43(51-33-27-21-19-17-15-13-11-9-7-5-2)41-37-29-23-24-30-38(37)46(42(41)44)35-36-28-22-25-31-39(36)49-40(47)34-45-48-3/h22-25,28-31,34,43H,4-21,26-27,32-33,35H2,1-3H3. The lowest BCUT2D eigenvalue weighted by Gasteiger charge is -2.18. The van der Waals surface area contributed by atoms with Crippen molar-refractivity contribution < 1.29 is 14.4 Å². The minimum Gasteiger partial charge on any atom is -0.422 e. The normalized spacial score (nSPS) is 11.7. The molecule has 0 N–H and O–H groups in total. The molecule has 3 rings (SSSR count). The predicted molar refractivity (Wildman–Crippen MR) is 225 cm³/mol. The second-order valence-electron chi connectivity index (χ2n) is 13.7. The highest BCUT2D eigenvalue weighted by Crippen LogP contribution is 2.48. The molecule has 284 valence electrons. The summed E-state index contributed by atoms with van der Waals surface area (Å²) < 4.78 is 8.08. The van der Waals surface area contributed by atoms with Gasteiger partial charge in [0.1, 0.15) is 18.0 Å². The maximum Gasteiger partial charge on any atom is 0.358 e. The topological polar surface area (TPSA) is 52.8 Å². The molecule has 0 unspecified atom stereocenters. The Kier molecular flexibility index (Phi) is 23.4. The summed E-state index contributed by atoms with van der Waals surface area (Å²) in [5.74, 6) is 2.19. The Balaban J connectivity index is 1.67. The quantitative estimate of drug-likeness (QED) is 0.0169. The first-order valence-electron chi connectivity index (χ1n) is 20.0. The summed E-state index contributed by atoms with van der Waals surface area (Å²) in [5, 5.41) is 5.53. The number of carbonyl (C=O) groups is 1. The highest BCUT2D eigenvalue weighted by molar-refractivity contribution is 8.16. The van der Waals surface area contributed by atoms with Gasteiger partial charge in [-0.2, -0.15) is 0 Å². The Morgan fingerprint density at radius 1 is 0.725 bits per heavy atom. The number of para-hydroxylation sites is 2. The summed E-state index contributed by atoms with van der Waals surface area (Å²) in [4.78, 5) is 17.0. The van der Waals surface area contributed by atoms with Gasteiger partial charge in [0.2, 0.25) is 0 Å². The lowest BCUT2D eigenvalue weighted by molar-refractivity contribution is -0.126. The van der Waals surface area contributed by atoms with E-state index in [1.807, 2.05) is 24.3 Å². The smallest absolute Gasteiger partial charge is 0.358 e. The zero-order valence-electron chi connectivity index (χ0n) is 31.9. The molecule has 0 aliphatic heterocycles. The monoisotopic (exact) mass is 756 g/mol.